The second-order valence-corrected chi connectivity index (χ2v) is 6.71. The van der Waals surface area contributed by atoms with E-state index in [0.717, 1.165) is 6.42 Å². The highest BCUT2D eigenvalue weighted by atomic mass is 16.6. The number of carbonyl (C=O) groups is 2. The minimum Gasteiger partial charge on any atom is -0.460 e. The largest absolute Gasteiger partial charge is 0.460 e. The van der Waals surface area contributed by atoms with Gasteiger partial charge in [-0.25, -0.2) is 0 Å². The Morgan fingerprint density at radius 1 is 1.29 bits per heavy atom. The van der Waals surface area contributed by atoms with Crippen molar-refractivity contribution in [1.82, 2.24) is 0 Å². The highest BCUT2D eigenvalue weighted by Gasteiger charge is 2.50. The molecule has 1 fully saturated rings. The van der Waals surface area contributed by atoms with Crippen molar-refractivity contribution < 1.29 is 14.3 Å². The molecule has 0 heterocycles. The van der Waals surface area contributed by atoms with Crippen LogP contribution in [-0.4, -0.2) is 17.4 Å². The maximum Gasteiger partial charge on any atom is 0.306 e. The molecule has 1 rings (SSSR count). The fraction of sp³-hybridized carbons (Fsp3) is 0.857. The molecule has 0 aliphatic heterocycles. The van der Waals surface area contributed by atoms with E-state index >= 15 is 0 Å². The van der Waals surface area contributed by atoms with Crippen LogP contribution >= 0.6 is 0 Å². The Kier molecular flexibility index (Phi) is 3.70. The first kappa shape index (κ1) is 14.2. The van der Waals surface area contributed by atoms with Crippen LogP contribution in [0.15, 0.2) is 0 Å². The summed E-state index contributed by atoms with van der Waals surface area (Å²) in [5.74, 6) is 0.453. The van der Waals surface area contributed by atoms with Crippen LogP contribution in [0, 0.1) is 17.3 Å². The molecule has 0 aromatic carbocycles. The topological polar surface area (TPSA) is 43.4 Å². The first-order chi connectivity index (χ1) is 7.54. The monoisotopic (exact) mass is 240 g/mol. The average molecular weight is 240 g/mol. The summed E-state index contributed by atoms with van der Waals surface area (Å²) in [6, 6.07) is 0. The van der Waals surface area contributed by atoms with E-state index in [2.05, 4.69) is 13.8 Å². The number of esters is 1. The lowest BCUT2D eigenvalue weighted by Crippen LogP contribution is -2.49. The summed E-state index contributed by atoms with van der Waals surface area (Å²) < 4.78 is 5.31. The lowest BCUT2D eigenvalue weighted by molar-refractivity contribution is -0.163. The van der Waals surface area contributed by atoms with E-state index in [1.807, 2.05) is 20.8 Å². The van der Waals surface area contributed by atoms with Gasteiger partial charge in [-0.15, -0.1) is 0 Å². The smallest absolute Gasteiger partial charge is 0.306 e. The molecule has 1 aliphatic rings. The molecule has 3 nitrogen and oxygen atoms in total. The molecule has 98 valence electrons. The third-order valence-electron chi connectivity index (χ3n) is 3.79. The predicted octanol–water partition coefficient (Wildman–Crippen LogP) is 2.97. The average Bonchev–Trinajstić information content (AvgIpc) is 2.07. The molecule has 0 N–H and O–H groups in total. The van der Waals surface area contributed by atoms with E-state index in [0.29, 0.717) is 6.42 Å². The van der Waals surface area contributed by atoms with E-state index < -0.39 is 5.60 Å². The second-order valence-electron chi connectivity index (χ2n) is 6.71. The molecule has 0 aromatic heterocycles. The Bertz CT molecular complexity index is 323. The van der Waals surface area contributed by atoms with Gasteiger partial charge in [-0.05, 0) is 45.4 Å². The van der Waals surface area contributed by atoms with Gasteiger partial charge in [0.2, 0.25) is 0 Å². The molecule has 0 spiro atoms. The highest BCUT2D eigenvalue weighted by molar-refractivity contribution is 5.81. The number of hydrogen-bond donors (Lipinski definition) is 0. The van der Waals surface area contributed by atoms with Crippen LogP contribution in [-0.2, 0) is 14.3 Å². The molecule has 0 saturated heterocycles. The summed E-state index contributed by atoms with van der Waals surface area (Å²) in [6.45, 7) is 11.4. The Balaban J connectivity index is 2.51. The zero-order valence-electron chi connectivity index (χ0n) is 11.8. The lowest BCUT2D eigenvalue weighted by atomic mass is 9.53. The number of Topliss-reactive ketones (excluding diaryl/α,β-unsaturated/α-hetero) is 1. The zero-order chi connectivity index (χ0) is 13.4. The molecule has 1 aliphatic carbocycles. The van der Waals surface area contributed by atoms with Gasteiger partial charge in [0, 0.05) is 12.3 Å². The number of ether oxygens (including phenoxy) is 1. The van der Waals surface area contributed by atoms with Crippen LogP contribution in [0.3, 0.4) is 0 Å². The molecule has 0 radical (unpaired) electrons. The predicted molar refractivity (Wildman–Crippen MR) is 66.5 cm³/mol. The summed E-state index contributed by atoms with van der Waals surface area (Å²) in [5.41, 5.74) is -0.492. The SMILES string of the molecule is CC(=O)[C@@H]1C[C@H](CC(=O)OC(C)(C)C)C1(C)C. The Hall–Kier alpha value is -0.860. The Morgan fingerprint density at radius 3 is 2.18 bits per heavy atom. The summed E-state index contributed by atoms with van der Waals surface area (Å²) in [7, 11) is 0. The summed E-state index contributed by atoms with van der Waals surface area (Å²) in [4.78, 5) is 23.1. The van der Waals surface area contributed by atoms with Gasteiger partial charge < -0.3 is 4.74 Å². The van der Waals surface area contributed by atoms with Gasteiger partial charge in [0.25, 0.3) is 0 Å². The van der Waals surface area contributed by atoms with Crippen molar-refractivity contribution in [1.29, 1.82) is 0 Å². The fourth-order valence-electron chi connectivity index (χ4n) is 2.64. The molecule has 2 atom stereocenters. The van der Waals surface area contributed by atoms with Crippen molar-refractivity contribution in [3.05, 3.63) is 0 Å². The normalized spacial score (nSPS) is 27.2. The van der Waals surface area contributed by atoms with E-state index in [1.54, 1.807) is 6.92 Å². The zero-order valence-corrected chi connectivity index (χ0v) is 11.8. The van der Waals surface area contributed by atoms with Crippen LogP contribution in [0.2, 0.25) is 0 Å². The van der Waals surface area contributed by atoms with Crippen molar-refractivity contribution in [2.45, 2.75) is 60.0 Å². The lowest BCUT2D eigenvalue weighted by Gasteiger charge is -2.51. The van der Waals surface area contributed by atoms with Crippen molar-refractivity contribution in [2.75, 3.05) is 0 Å². The van der Waals surface area contributed by atoms with E-state index in [4.69, 9.17) is 4.74 Å². The van der Waals surface area contributed by atoms with Gasteiger partial charge in [-0.1, -0.05) is 13.8 Å². The van der Waals surface area contributed by atoms with E-state index in [1.165, 1.54) is 0 Å². The second kappa shape index (κ2) is 4.43. The van der Waals surface area contributed by atoms with Crippen LogP contribution in [0.5, 0.6) is 0 Å². The highest BCUT2D eigenvalue weighted by Crippen LogP contribution is 2.53. The maximum absolute atomic E-state index is 11.7. The van der Waals surface area contributed by atoms with Crippen LogP contribution < -0.4 is 0 Å². The molecule has 0 unspecified atom stereocenters. The quantitative estimate of drug-likeness (QED) is 0.712. The van der Waals surface area contributed by atoms with Gasteiger partial charge in [0.05, 0.1) is 0 Å². The van der Waals surface area contributed by atoms with Gasteiger partial charge in [-0.3, -0.25) is 9.59 Å². The van der Waals surface area contributed by atoms with Crippen LogP contribution in [0.4, 0.5) is 0 Å². The van der Waals surface area contributed by atoms with Crippen LogP contribution in [0.25, 0.3) is 0 Å². The molecular formula is C14H24O3. The molecule has 3 heteroatoms. The van der Waals surface area contributed by atoms with Crippen molar-refractivity contribution in [3.8, 4) is 0 Å². The molecule has 17 heavy (non-hydrogen) atoms. The summed E-state index contributed by atoms with van der Waals surface area (Å²) >= 11 is 0. The number of hydrogen-bond acceptors (Lipinski definition) is 3. The van der Waals surface area contributed by atoms with E-state index in [-0.39, 0.29) is 29.0 Å². The van der Waals surface area contributed by atoms with Gasteiger partial charge >= 0.3 is 5.97 Å². The molecule has 0 amide bonds. The van der Waals surface area contributed by atoms with Crippen molar-refractivity contribution >= 4 is 11.8 Å². The standard InChI is InChI=1S/C14H24O3/c1-9(15)11-7-10(14(11,5)6)8-12(16)17-13(2,3)4/h10-11H,7-8H2,1-6H3/t10-,11+/m1/s1. The summed E-state index contributed by atoms with van der Waals surface area (Å²) in [5, 5.41) is 0. The molecule has 0 bridgehead atoms. The molecular weight excluding hydrogens is 216 g/mol. The number of carbonyl (C=O) groups excluding carboxylic acids is 2. The minimum atomic E-state index is -0.426. The molecule has 1 saturated carbocycles. The Morgan fingerprint density at radius 2 is 1.82 bits per heavy atom. The van der Waals surface area contributed by atoms with Crippen molar-refractivity contribution in [2.24, 2.45) is 17.3 Å². The van der Waals surface area contributed by atoms with Gasteiger partial charge in [-0.2, -0.15) is 0 Å². The number of ketones is 1. The van der Waals surface area contributed by atoms with Gasteiger partial charge in [0.1, 0.15) is 11.4 Å². The van der Waals surface area contributed by atoms with Gasteiger partial charge in [0.15, 0.2) is 0 Å². The maximum atomic E-state index is 11.7. The third kappa shape index (κ3) is 3.30. The summed E-state index contributed by atoms with van der Waals surface area (Å²) in [6.07, 6.45) is 1.25. The first-order valence-electron chi connectivity index (χ1n) is 6.26. The fourth-order valence-corrected chi connectivity index (χ4v) is 2.64. The third-order valence-corrected chi connectivity index (χ3v) is 3.79. The van der Waals surface area contributed by atoms with Crippen LogP contribution in [0.1, 0.15) is 54.4 Å². The first-order valence-corrected chi connectivity index (χ1v) is 6.26. The number of rotatable bonds is 3. The Labute approximate surface area is 104 Å². The van der Waals surface area contributed by atoms with Crippen molar-refractivity contribution in [3.63, 3.8) is 0 Å². The molecule has 0 aromatic rings. The van der Waals surface area contributed by atoms with E-state index in [9.17, 15) is 9.59 Å². The minimum absolute atomic E-state index is 0.0667.